The summed E-state index contributed by atoms with van der Waals surface area (Å²) in [5.74, 6) is 0.519. The first-order valence-electron chi connectivity index (χ1n) is 7.52. The van der Waals surface area contributed by atoms with Crippen molar-refractivity contribution in [3.8, 4) is 0 Å². The maximum atomic E-state index is 12.6. The van der Waals surface area contributed by atoms with Crippen molar-refractivity contribution in [3.05, 3.63) is 0 Å². The molecule has 1 aliphatic rings. The fourth-order valence-electron chi connectivity index (χ4n) is 2.66. The first kappa shape index (κ1) is 17.0. The topological polar surface area (TPSA) is 58.6 Å². The lowest BCUT2D eigenvalue weighted by Gasteiger charge is -2.41. The van der Waals surface area contributed by atoms with Gasteiger partial charge in [0, 0.05) is 13.7 Å². The summed E-state index contributed by atoms with van der Waals surface area (Å²) in [5.41, 5.74) is 0. The number of nitrogens with zero attached hydrogens (tertiary/aromatic N) is 1. The van der Waals surface area contributed by atoms with Gasteiger partial charge in [0.1, 0.15) is 12.1 Å². The zero-order valence-corrected chi connectivity index (χ0v) is 13.3. The van der Waals surface area contributed by atoms with E-state index in [4.69, 9.17) is 4.74 Å². The number of rotatable bonds is 7. The quantitative estimate of drug-likeness (QED) is 0.769. The van der Waals surface area contributed by atoms with Crippen LogP contribution in [0, 0.1) is 11.8 Å². The average molecular weight is 284 g/mol. The Morgan fingerprint density at radius 2 is 1.95 bits per heavy atom. The smallest absolute Gasteiger partial charge is 0.245 e. The third-order valence-electron chi connectivity index (χ3n) is 3.93. The lowest BCUT2D eigenvalue weighted by atomic mass is 9.91. The SMILES string of the molecule is CCC(C)C1C(=O)NC(CC(C)C)C(=O)N1CCOC. The van der Waals surface area contributed by atoms with Crippen LogP contribution in [0.15, 0.2) is 0 Å². The van der Waals surface area contributed by atoms with Crippen LogP contribution in [-0.2, 0) is 14.3 Å². The van der Waals surface area contributed by atoms with Gasteiger partial charge in [0.2, 0.25) is 11.8 Å². The Labute approximate surface area is 122 Å². The van der Waals surface area contributed by atoms with Crippen LogP contribution < -0.4 is 5.32 Å². The van der Waals surface area contributed by atoms with Crippen molar-refractivity contribution in [2.45, 2.75) is 52.6 Å². The van der Waals surface area contributed by atoms with Gasteiger partial charge < -0.3 is 15.0 Å². The Balaban J connectivity index is 2.91. The number of ether oxygens (including phenoxy) is 1. The number of carbonyl (C=O) groups excluding carboxylic acids is 2. The number of carbonyl (C=O) groups is 2. The third kappa shape index (κ3) is 3.95. The first-order valence-corrected chi connectivity index (χ1v) is 7.52. The zero-order valence-electron chi connectivity index (χ0n) is 13.3. The fourth-order valence-corrected chi connectivity index (χ4v) is 2.66. The summed E-state index contributed by atoms with van der Waals surface area (Å²) in [6.07, 6.45) is 1.55. The molecular formula is C15H28N2O3. The number of piperazine rings is 1. The molecule has 0 aromatic heterocycles. The molecule has 116 valence electrons. The molecule has 0 spiro atoms. The molecule has 2 amide bonds. The second kappa shape index (κ2) is 7.62. The van der Waals surface area contributed by atoms with Crippen molar-refractivity contribution in [1.29, 1.82) is 0 Å². The summed E-state index contributed by atoms with van der Waals surface area (Å²) in [6.45, 7) is 9.10. The van der Waals surface area contributed by atoms with E-state index in [-0.39, 0.29) is 29.8 Å². The standard InChI is InChI=1S/C15H28N2O3/c1-6-11(4)13-14(18)16-12(9-10(2)3)15(19)17(13)7-8-20-5/h10-13H,6-9H2,1-5H3,(H,16,18). The molecule has 1 heterocycles. The third-order valence-corrected chi connectivity index (χ3v) is 3.93. The van der Waals surface area contributed by atoms with Gasteiger partial charge in [-0.3, -0.25) is 9.59 Å². The normalized spacial score (nSPS) is 25.0. The number of hydrogen-bond acceptors (Lipinski definition) is 3. The van der Waals surface area contributed by atoms with E-state index in [1.165, 1.54) is 0 Å². The molecule has 0 aliphatic carbocycles. The molecule has 0 bridgehead atoms. The van der Waals surface area contributed by atoms with Gasteiger partial charge in [-0.2, -0.15) is 0 Å². The molecule has 0 radical (unpaired) electrons. The van der Waals surface area contributed by atoms with E-state index in [9.17, 15) is 9.59 Å². The van der Waals surface area contributed by atoms with Gasteiger partial charge in [0.05, 0.1) is 6.61 Å². The van der Waals surface area contributed by atoms with Gasteiger partial charge in [-0.05, 0) is 18.3 Å². The van der Waals surface area contributed by atoms with E-state index in [1.54, 1.807) is 12.0 Å². The number of methoxy groups -OCH3 is 1. The minimum Gasteiger partial charge on any atom is -0.383 e. The first-order chi connectivity index (χ1) is 9.42. The lowest BCUT2D eigenvalue weighted by Crippen LogP contribution is -2.65. The molecule has 3 unspecified atom stereocenters. The summed E-state index contributed by atoms with van der Waals surface area (Å²) < 4.78 is 5.08. The van der Waals surface area contributed by atoms with Gasteiger partial charge >= 0.3 is 0 Å². The van der Waals surface area contributed by atoms with E-state index < -0.39 is 0 Å². The largest absolute Gasteiger partial charge is 0.383 e. The summed E-state index contributed by atoms with van der Waals surface area (Å²) in [6, 6.07) is -0.759. The molecule has 1 fully saturated rings. The summed E-state index contributed by atoms with van der Waals surface area (Å²) in [4.78, 5) is 26.7. The lowest BCUT2D eigenvalue weighted by molar-refractivity contribution is -0.152. The highest BCUT2D eigenvalue weighted by Crippen LogP contribution is 2.22. The molecule has 3 atom stereocenters. The molecule has 1 rings (SSSR count). The Bertz CT molecular complexity index is 344. The van der Waals surface area contributed by atoms with Gasteiger partial charge in [0.15, 0.2) is 0 Å². The molecule has 5 heteroatoms. The average Bonchev–Trinajstić information content (AvgIpc) is 2.39. The highest BCUT2D eigenvalue weighted by Gasteiger charge is 2.42. The van der Waals surface area contributed by atoms with Crippen LogP contribution in [0.4, 0.5) is 0 Å². The summed E-state index contributed by atoms with van der Waals surface area (Å²) in [7, 11) is 1.61. The number of hydrogen-bond donors (Lipinski definition) is 1. The maximum Gasteiger partial charge on any atom is 0.245 e. The van der Waals surface area contributed by atoms with E-state index >= 15 is 0 Å². The van der Waals surface area contributed by atoms with Gasteiger partial charge in [-0.15, -0.1) is 0 Å². The van der Waals surface area contributed by atoms with Crippen LogP contribution in [0.5, 0.6) is 0 Å². The molecule has 1 saturated heterocycles. The van der Waals surface area contributed by atoms with Gasteiger partial charge in [0.25, 0.3) is 0 Å². The van der Waals surface area contributed by atoms with E-state index in [2.05, 4.69) is 19.2 Å². The Kier molecular flexibility index (Phi) is 6.46. The van der Waals surface area contributed by atoms with Crippen LogP contribution >= 0.6 is 0 Å². The zero-order chi connectivity index (χ0) is 15.3. The van der Waals surface area contributed by atoms with Gasteiger partial charge in [-0.25, -0.2) is 0 Å². The van der Waals surface area contributed by atoms with Crippen LogP contribution in [0.25, 0.3) is 0 Å². The van der Waals surface area contributed by atoms with Crippen molar-refractivity contribution >= 4 is 11.8 Å². The fraction of sp³-hybridized carbons (Fsp3) is 0.867. The monoisotopic (exact) mass is 284 g/mol. The number of nitrogens with one attached hydrogen (secondary N) is 1. The maximum absolute atomic E-state index is 12.6. The van der Waals surface area contributed by atoms with Gasteiger partial charge in [-0.1, -0.05) is 34.1 Å². The molecule has 1 N–H and O–H groups in total. The van der Waals surface area contributed by atoms with E-state index in [1.807, 2.05) is 13.8 Å². The highest BCUT2D eigenvalue weighted by molar-refractivity contribution is 5.97. The van der Waals surface area contributed by atoms with Crippen LogP contribution in [-0.4, -0.2) is 49.1 Å². The van der Waals surface area contributed by atoms with Crippen LogP contribution in [0.1, 0.15) is 40.5 Å². The van der Waals surface area contributed by atoms with Crippen molar-refractivity contribution in [2.75, 3.05) is 20.3 Å². The predicted octanol–water partition coefficient (Wildman–Crippen LogP) is 1.42. The molecule has 0 aromatic carbocycles. The molecule has 5 nitrogen and oxygen atoms in total. The van der Waals surface area contributed by atoms with Crippen molar-refractivity contribution in [3.63, 3.8) is 0 Å². The molecule has 0 saturated carbocycles. The summed E-state index contributed by atoms with van der Waals surface area (Å²) >= 11 is 0. The molecular weight excluding hydrogens is 256 g/mol. The van der Waals surface area contributed by atoms with Crippen LogP contribution in [0.2, 0.25) is 0 Å². The molecule has 0 aromatic rings. The van der Waals surface area contributed by atoms with Crippen molar-refractivity contribution in [2.24, 2.45) is 11.8 Å². The number of amides is 2. The van der Waals surface area contributed by atoms with E-state index in [0.717, 1.165) is 6.42 Å². The second-order valence-electron chi connectivity index (χ2n) is 6.05. The highest BCUT2D eigenvalue weighted by atomic mass is 16.5. The van der Waals surface area contributed by atoms with Crippen molar-refractivity contribution < 1.29 is 14.3 Å². The molecule has 1 aliphatic heterocycles. The van der Waals surface area contributed by atoms with Crippen LogP contribution in [0.3, 0.4) is 0 Å². The Morgan fingerprint density at radius 3 is 2.45 bits per heavy atom. The van der Waals surface area contributed by atoms with E-state index in [0.29, 0.717) is 25.5 Å². The van der Waals surface area contributed by atoms with Crippen molar-refractivity contribution in [1.82, 2.24) is 10.2 Å². The minimum atomic E-state index is -0.389. The predicted molar refractivity (Wildman–Crippen MR) is 78.2 cm³/mol. The second-order valence-corrected chi connectivity index (χ2v) is 6.05. The summed E-state index contributed by atoms with van der Waals surface area (Å²) in [5, 5.41) is 2.90. The Hall–Kier alpha value is -1.10. The Morgan fingerprint density at radius 1 is 1.30 bits per heavy atom. The molecule has 20 heavy (non-hydrogen) atoms. The minimum absolute atomic E-state index is 0.0271.